The van der Waals surface area contributed by atoms with Crippen molar-refractivity contribution >= 4 is 60.2 Å². The van der Waals surface area contributed by atoms with Gasteiger partial charge in [-0.05, 0) is 79.5 Å². The summed E-state index contributed by atoms with van der Waals surface area (Å²) in [5.41, 5.74) is 3.45. The smallest absolute Gasteiger partial charge is 0.0468 e. The van der Waals surface area contributed by atoms with Crippen LogP contribution in [0.25, 0.3) is 43.1 Å². The number of anilines is 3. The molecule has 0 atom stereocenters. The Kier molecular flexibility index (Phi) is 4.53. The Bertz CT molecular complexity index is 1800. The molecule has 0 radical (unpaired) electrons. The highest BCUT2D eigenvalue weighted by Crippen LogP contribution is 2.39. The van der Waals surface area contributed by atoms with Crippen molar-refractivity contribution in [1.82, 2.24) is 0 Å². The molecule has 7 aromatic carbocycles. The van der Waals surface area contributed by atoms with Gasteiger partial charge in [0, 0.05) is 17.1 Å². The Hall–Kier alpha value is -4.62. The Labute approximate surface area is 204 Å². The van der Waals surface area contributed by atoms with E-state index in [1.807, 2.05) is 0 Å². The molecule has 7 rings (SSSR count). The standard InChI is InChI=1S/C34H23N/c1-3-10-26(11-4-1)35(27-12-5-2-6-13-27)28-18-15-25-17-20-32-31-19-16-24-9-7-8-14-29(24)30(31)21-22-33(32)34(25)23-28/h1-23H. The van der Waals surface area contributed by atoms with E-state index in [-0.39, 0.29) is 0 Å². The molecule has 0 N–H and O–H groups in total. The van der Waals surface area contributed by atoms with Crippen LogP contribution in [0, 0.1) is 0 Å². The van der Waals surface area contributed by atoms with Gasteiger partial charge in [0.05, 0.1) is 0 Å². The Morgan fingerprint density at radius 1 is 0.286 bits per heavy atom. The van der Waals surface area contributed by atoms with E-state index in [4.69, 9.17) is 0 Å². The molecule has 0 bridgehead atoms. The molecule has 0 saturated carbocycles. The zero-order chi connectivity index (χ0) is 23.2. The van der Waals surface area contributed by atoms with Gasteiger partial charge in [0.15, 0.2) is 0 Å². The van der Waals surface area contributed by atoms with E-state index in [1.54, 1.807) is 0 Å². The molecule has 0 aliphatic rings. The SMILES string of the molecule is c1ccc(N(c2ccccc2)c2ccc3ccc4c(ccc5c6ccccc6ccc54)c3c2)cc1. The van der Waals surface area contributed by atoms with Gasteiger partial charge in [-0.25, -0.2) is 0 Å². The zero-order valence-corrected chi connectivity index (χ0v) is 19.2. The molecular formula is C34H23N. The van der Waals surface area contributed by atoms with Gasteiger partial charge in [0.1, 0.15) is 0 Å². The van der Waals surface area contributed by atoms with Crippen LogP contribution in [0.3, 0.4) is 0 Å². The first-order chi connectivity index (χ1) is 17.4. The maximum Gasteiger partial charge on any atom is 0.0468 e. The van der Waals surface area contributed by atoms with Crippen LogP contribution in [0.1, 0.15) is 0 Å². The highest BCUT2D eigenvalue weighted by Gasteiger charge is 2.14. The summed E-state index contributed by atoms with van der Waals surface area (Å²) in [6.07, 6.45) is 0. The van der Waals surface area contributed by atoms with Crippen LogP contribution < -0.4 is 4.90 Å². The quantitative estimate of drug-likeness (QED) is 0.245. The predicted molar refractivity (Wildman–Crippen MR) is 151 cm³/mol. The van der Waals surface area contributed by atoms with Crippen molar-refractivity contribution in [3.63, 3.8) is 0 Å². The minimum Gasteiger partial charge on any atom is -0.310 e. The summed E-state index contributed by atoms with van der Waals surface area (Å²) in [7, 11) is 0. The largest absolute Gasteiger partial charge is 0.310 e. The van der Waals surface area contributed by atoms with Gasteiger partial charge < -0.3 is 4.90 Å². The lowest BCUT2D eigenvalue weighted by Crippen LogP contribution is -2.09. The van der Waals surface area contributed by atoms with E-state index < -0.39 is 0 Å². The van der Waals surface area contributed by atoms with Crippen molar-refractivity contribution in [2.24, 2.45) is 0 Å². The van der Waals surface area contributed by atoms with Gasteiger partial charge in [-0.3, -0.25) is 0 Å². The molecule has 0 aromatic heterocycles. The van der Waals surface area contributed by atoms with Crippen LogP contribution >= 0.6 is 0 Å². The second-order valence-corrected chi connectivity index (χ2v) is 9.02. The van der Waals surface area contributed by atoms with E-state index in [0.717, 1.165) is 17.1 Å². The number of hydrogen-bond acceptors (Lipinski definition) is 1. The summed E-state index contributed by atoms with van der Waals surface area (Å²) in [6.45, 7) is 0. The summed E-state index contributed by atoms with van der Waals surface area (Å²) in [5, 5.41) is 10.3. The Balaban J connectivity index is 1.49. The highest BCUT2D eigenvalue weighted by molar-refractivity contribution is 6.22. The fourth-order valence-corrected chi connectivity index (χ4v) is 5.36. The van der Waals surface area contributed by atoms with Crippen molar-refractivity contribution in [3.05, 3.63) is 140 Å². The Morgan fingerprint density at radius 3 is 1.40 bits per heavy atom. The van der Waals surface area contributed by atoms with Crippen LogP contribution in [-0.2, 0) is 0 Å². The molecule has 0 spiro atoms. The van der Waals surface area contributed by atoms with E-state index in [2.05, 4.69) is 144 Å². The third-order valence-corrected chi connectivity index (χ3v) is 7.01. The average Bonchev–Trinajstić information content (AvgIpc) is 2.94. The maximum atomic E-state index is 2.34. The molecule has 7 aromatic rings. The number of benzene rings is 7. The van der Waals surface area contributed by atoms with Crippen molar-refractivity contribution in [3.8, 4) is 0 Å². The lowest BCUT2D eigenvalue weighted by molar-refractivity contribution is 1.29. The van der Waals surface area contributed by atoms with Gasteiger partial charge >= 0.3 is 0 Å². The second-order valence-electron chi connectivity index (χ2n) is 9.02. The summed E-state index contributed by atoms with van der Waals surface area (Å²) in [6, 6.07) is 50.3. The highest BCUT2D eigenvalue weighted by atomic mass is 15.1. The second kappa shape index (κ2) is 8.00. The predicted octanol–water partition coefficient (Wildman–Crippen LogP) is 9.77. The van der Waals surface area contributed by atoms with Crippen LogP contribution in [0.15, 0.2) is 140 Å². The van der Waals surface area contributed by atoms with Crippen molar-refractivity contribution < 1.29 is 0 Å². The fraction of sp³-hybridized carbons (Fsp3) is 0. The van der Waals surface area contributed by atoms with Gasteiger partial charge in [0.2, 0.25) is 0 Å². The van der Waals surface area contributed by atoms with Crippen LogP contribution in [-0.4, -0.2) is 0 Å². The number of hydrogen-bond donors (Lipinski definition) is 0. The topological polar surface area (TPSA) is 3.24 Å². The molecule has 0 saturated heterocycles. The van der Waals surface area contributed by atoms with Crippen molar-refractivity contribution in [1.29, 1.82) is 0 Å². The fourth-order valence-electron chi connectivity index (χ4n) is 5.36. The third kappa shape index (κ3) is 3.25. The van der Waals surface area contributed by atoms with Crippen LogP contribution in [0.5, 0.6) is 0 Å². The van der Waals surface area contributed by atoms with E-state index in [9.17, 15) is 0 Å². The van der Waals surface area contributed by atoms with E-state index in [1.165, 1.54) is 43.1 Å². The number of fused-ring (bicyclic) bond motifs is 7. The van der Waals surface area contributed by atoms with Crippen molar-refractivity contribution in [2.45, 2.75) is 0 Å². The summed E-state index contributed by atoms with van der Waals surface area (Å²) in [4.78, 5) is 2.33. The first-order valence-corrected chi connectivity index (χ1v) is 12.0. The molecule has 164 valence electrons. The number of rotatable bonds is 3. The molecule has 0 amide bonds. The summed E-state index contributed by atoms with van der Waals surface area (Å²) in [5.74, 6) is 0. The molecule has 1 heteroatoms. The average molecular weight is 446 g/mol. The normalized spacial score (nSPS) is 11.4. The molecule has 0 fully saturated rings. The third-order valence-electron chi connectivity index (χ3n) is 7.01. The minimum absolute atomic E-state index is 1.15. The van der Waals surface area contributed by atoms with E-state index >= 15 is 0 Å². The molecular weight excluding hydrogens is 422 g/mol. The first-order valence-electron chi connectivity index (χ1n) is 12.0. The first kappa shape index (κ1) is 19.8. The minimum atomic E-state index is 1.15. The number of nitrogens with zero attached hydrogens (tertiary/aromatic N) is 1. The van der Waals surface area contributed by atoms with Crippen LogP contribution in [0.2, 0.25) is 0 Å². The Morgan fingerprint density at radius 2 is 0.743 bits per heavy atom. The lowest BCUT2D eigenvalue weighted by Gasteiger charge is -2.26. The lowest BCUT2D eigenvalue weighted by atomic mass is 9.94. The molecule has 0 aliphatic carbocycles. The van der Waals surface area contributed by atoms with Gasteiger partial charge in [-0.15, -0.1) is 0 Å². The number of para-hydroxylation sites is 2. The zero-order valence-electron chi connectivity index (χ0n) is 19.2. The molecule has 1 nitrogen and oxygen atoms in total. The van der Waals surface area contributed by atoms with Crippen molar-refractivity contribution in [2.75, 3.05) is 4.90 Å². The van der Waals surface area contributed by atoms with E-state index in [0.29, 0.717) is 0 Å². The van der Waals surface area contributed by atoms with Crippen LogP contribution in [0.4, 0.5) is 17.1 Å². The molecule has 0 unspecified atom stereocenters. The molecule has 0 aliphatic heterocycles. The molecule has 0 heterocycles. The molecule has 35 heavy (non-hydrogen) atoms. The van der Waals surface area contributed by atoms with Gasteiger partial charge in [-0.1, -0.05) is 103 Å². The van der Waals surface area contributed by atoms with Gasteiger partial charge in [-0.2, -0.15) is 0 Å². The summed E-state index contributed by atoms with van der Waals surface area (Å²) < 4.78 is 0. The maximum absolute atomic E-state index is 2.34. The summed E-state index contributed by atoms with van der Waals surface area (Å²) >= 11 is 0. The van der Waals surface area contributed by atoms with Gasteiger partial charge in [0.25, 0.3) is 0 Å². The monoisotopic (exact) mass is 445 g/mol.